The van der Waals surface area contributed by atoms with Crippen LogP contribution < -0.4 is 10.6 Å². The fourth-order valence-electron chi connectivity index (χ4n) is 19.0. The average molecular weight is 907 g/mol. The first-order valence-electron chi connectivity index (χ1n) is 26.9. The first-order valence-corrected chi connectivity index (χ1v) is 26.9. The van der Waals surface area contributed by atoms with Crippen LogP contribution in [0.5, 0.6) is 0 Å². The van der Waals surface area contributed by atoms with Gasteiger partial charge in [-0.1, -0.05) is 41.5 Å². The molecule has 65 heavy (non-hydrogen) atoms. The van der Waals surface area contributed by atoms with Gasteiger partial charge in [0.05, 0.1) is 26.4 Å². The van der Waals surface area contributed by atoms with Crippen molar-refractivity contribution < 1.29 is 38.9 Å². The maximum atomic E-state index is 13.3. The molecule has 20 atom stereocenters. The van der Waals surface area contributed by atoms with Crippen molar-refractivity contribution in [2.45, 2.75) is 214 Å². The lowest BCUT2D eigenvalue weighted by atomic mass is 9.43. The van der Waals surface area contributed by atoms with Crippen molar-refractivity contribution in [2.24, 2.45) is 92.7 Å². The number of rotatable bonds is 14. The summed E-state index contributed by atoms with van der Waals surface area (Å²) in [5, 5.41) is 30.6. The Balaban J connectivity index is 0.771. The molecular weight excluding hydrogens is 817 g/mol. The van der Waals surface area contributed by atoms with Crippen LogP contribution >= 0.6 is 0 Å². The number of esters is 2. The van der Waals surface area contributed by atoms with Crippen molar-refractivity contribution in [3.8, 4) is 0 Å². The number of aliphatic hydroxyl groups is 2. The minimum absolute atomic E-state index is 0.0411. The third-order valence-corrected chi connectivity index (χ3v) is 22.5. The smallest absolute Gasteiger partial charge is 0.305 e. The highest BCUT2D eigenvalue weighted by Crippen LogP contribution is 2.70. The highest BCUT2D eigenvalue weighted by atomic mass is 16.5. The summed E-state index contributed by atoms with van der Waals surface area (Å²) >= 11 is 0. The molecule has 368 valence electrons. The molecule has 8 fully saturated rings. The highest BCUT2D eigenvalue weighted by molar-refractivity contribution is 5.79. The Bertz CT molecular complexity index is 1620. The van der Waals surface area contributed by atoms with Crippen LogP contribution in [0.4, 0.5) is 0 Å². The molecule has 0 bridgehead atoms. The number of carbonyl (C=O) groups is 4. The Morgan fingerprint density at radius 2 is 0.892 bits per heavy atom. The average Bonchev–Trinajstić information content (AvgIpc) is 3.82. The van der Waals surface area contributed by atoms with Crippen molar-refractivity contribution >= 4 is 23.8 Å². The monoisotopic (exact) mass is 907 g/mol. The molecule has 0 aromatic heterocycles. The second kappa shape index (κ2) is 19.3. The number of hydrogen-bond acceptors (Lipinski definition) is 8. The van der Waals surface area contributed by atoms with E-state index in [1.165, 1.54) is 52.7 Å². The maximum Gasteiger partial charge on any atom is 0.305 e. The fourth-order valence-corrected chi connectivity index (χ4v) is 19.0. The zero-order chi connectivity index (χ0) is 46.6. The second-order valence-corrected chi connectivity index (χ2v) is 25.2. The summed E-state index contributed by atoms with van der Waals surface area (Å²) < 4.78 is 9.90. The number of ether oxygens (including phenoxy) is 2. The number of carbonyl (C=O) groups excluding carboxylic acids is 4. The normalized spacial score (nSPS) is 46.1. The molecule has 4 N–H and O–H groups in total. The maximum absolute atomic E-state index is 13.3. The van der Waals surface area contributed by atoms with E-state index in [9.17, 15) is 29.4 Å². The van der Waals surface area contributed by atoms with E-state index in [0.717, 1.165) is 77.0 Å². The van der Waals surface area contributed by atoms with E-state index in [2.05, 4.69) is 52.2 Å². The van der Waals surface area contributed by atoms with Crippen LogP contribution in [0.3, 0.4) is 0 Å². The lowest BCUT2D eigenvalue weighted by molar-refractivity contribution is -0.167. The summed E-state index contributed by atoms with van der Waals surface area (Å²) in [4.78, 5) is 50.6. The molecule has 8 aliphatic carbocycles. The van der Waals surface area contributed by atoms with Crippen molar-refractivity contribution in [3.63, 3.8) is 0 Å². The van der Waals surface area contributed by atoms with Crippen molar-refractivity contribution in [1.82, 2.24) is 10.6 Å². The predicted molar refractivity (Wildman–Crippen MR) is 252 cm³/mol. The van der Waals surface area contributed by atoms with E-state index in [1.807, 2.05) is 0 Å². The molecule has 0 radical (unpaired) electrons. The molecule has 8 aliphatic rings. The zero-order valence-electron chi connectivity index (χ0n) is 41.8. The number of hydrogen-bond donors (Lipinski definition) is 4. The molecule has 0 aromatic carbocycles. The van der Waals surface area contributed by atoms with Gasteiger partial charge in [-0.15, -0.1) is 0 Å². The van der Waals surface area contributed by atoms with Crippen LogP contribution in [-0.4, -0.2) is 72.5 Å². The Labute approximate surface area is 392 Å². The van der Waals surface area contributed by atoms with Gasteiger partial charge in [-0.25, -0.2) is 0 Å². The number of amides is 2. The van der Waals surface area contributed by atoms with Gasteiger partial charge in [0.25, 0.3) is 0 Å². The van der Waals surface area contributed by atoms with Gasteiger partial charge in [-0.2, -0.15) is 0 Å². The topological polar surface area (TPSA) is 151 Å². The van der Waals surface area contributed by atoms with E-state index in [4.69, 9.17) is 9.47 Å². The molecule has 10 heteroatoms. The van der Waals surface area contributed by atoms with Gasteiger partial charge in [0, 0.05) is 37.8 Å². The summed E-state index contributed by atoms with van der Waals surface area (Å²) in [5.41, 5.74) is 0.769. The summed E-state index contributed by atoms with van der Waals surface area (Å²) in [6.45, 7) is 14.6. The standard InChI is InChI=1S/C55H90N2O8/c1-32(12-18-48(62)64-7)38-14-16-40-50-42(22-26-54(38,40)5)52(3)24-20-36(28-34(52)30-44(50)58)56-46(60)10-9-11-47(61)57-37-21-25-53(4)35(29-37)31-45(59)51-41-17-15-39(33(2)13-19-49(63)65-8)55(41,6)27-23-43(51)53/h32-45,50-51,58-59H,9-31H2,1-8H3,(H,56,60)(H,57,61)/t32-,33-,34?,35?,36-,37+,38-,39-,40?,41?,42?,43?,44-,45+,50?,51?,52+,53+,54-,55-/m1/s1. The number of nitrogens with one attached hydrogen (secondary N) is 2. The largest absolute Gasteiger partial charge is 0.469 e. The SMILES string of the molecule is COC(=O)CC[C@@H](C)[C@H]1CCC2C3C(CC[C@@]21C)[C@@]1(C)CC[C@@H](NC(=O)CCCC(=O)N[C@H]2CC[C@@]4(C)C(C2)C[C@H](O)C2C4CC[C@@]4(C)C2CC[C@@H]4[C@H](C)CCC(=O)OC)CC1C[C@H]3O. The first kappa shape index (κ1) is 49.2. The minimum atomic E-state index is -0.303. The zero-order valence-corrected chi connectivity index (χ0v) is 41.8. The third kappa shape index (κ3) is 9.10. The van der Waals surface area contributed by atoms with Crippen molar-refractivity contribution in [3.05, 3.63) is 0 Å². The summed E-state index contributed by atoms with van der Waals surface area (Å²) in [6.07, 6.45) is 20.4. The van der Waals surface area contributed by atoms with Crippen molar-refractivity contribution in [2.75, 3.05) is 14.2 Å². The molecular formula is C55H90N2O8. The van der Waals surface area contributed by atoms with E-state index in [1.54, 1.807) is 0 Å². The molecule has 8 saturated carbocycles. The van der Waals surface area contributed by atoms with Gasteiger partial charge in [0.2, 0.25) is 11.8 Å². The van der Waals surface area contributed by atoms with Gasteiger partial charge in [-0.05, 0) is 215 Å². The van der Waals surface area contributed by atoms with Crippen LogP contribution in [-0.2, 0) is 28.7 Å². The Hall–Kier alpha value is -2.20. The van der Waals surface area contributed by atoms with Crippen LogP contribution in [0.25, 0.3) is 0 Å². The minimum Gasteiger partial charge on any atom is -0.469 e. The molecule has 8 rings (SSSR count). The molecule has 0 saturated heterocycles. The molecule has 0 aromatic rings. The predicted octanol–water partition coefficient (Wildman–Crippen LogP) is 9.56. The Morgan fingerprint density at radius 3 is 1.28 bits per heavy atom. The van der Waals surface area contributed by atoms with Crippen LogP contribution in [0.1, 0.15) is 189 Å². The fraction of sp³-hybridized carbons (Fsp3) is 0.927. The molecule has 8 unspecified atom stereocenters. The van der Waals surface area contributed by atoms with Gasteiger partial charge in [0.15, 0.2) is 0 Å². The molecule has 2 amide bonds. The number of fused-ring (bicyclic) bond motifs is 10. The van der Waals surface area contributed by atoms with E-state index in [0.29, 0.717) is 103 Å². The van der Waals surface area contributed by atoms with E-state index >= 15 is 0 Å². The number of aliphatic hydroxyl groups excluding tert-OH is 2. The van der Waals surface area contributed by atoms with Crippen LogP contribution in [0, 0.1) is 92.7 Å². The van der Waals surface area contributed by atoms with Gasteiger partial charge >= 0.3 is 11.9 Å². The molecule has 0 aliphatic heterocycles. The van der Waals surface area contributed by atoms with Crippen LogP contribution in [0.15, 0.2) is 0 Å². The van der Waals surface area contributed by atoms with Gasteiger partial charge in [0.1, 0.15) is 0 Å². The molecule has 0 spiro atoms. The van der Waals surface area contributed by atoms with E-state index < -0.39 is 0 Å². The first-order chi connectivity index (χ1) is 30.9. The Morgan fingerprint density at radius 1 is 0.523 bits per heavy atom. The van der Waals surface area contributed by atoms with Gasteiger partial charge in [-0.3, -0.25) is 19.2 Å². The Kier molecular flexibility index (Phi) is 14.6. The quantitative estimate of drug-likeness (QED) is 0.126. The summed E-state index contributed by atoms with van der Waals surface area (Å²) in [7, 11) is 2.95. The summed E-state index contributed by atoms with van der Waals surface area (Å²) in [5.74, 6) is 5.46. The van der Waals surface area contributed by atoms with Gasteiger partial charge < -0.3 is 30.3 Å². The number of methoxy groups -OCH3 is 2. The second-order valence-electron chi connectivity index (χ2n) is 25.2. The van der Waals surface area contributed by atoms with E-state index in [-0.39, 0.29) is 69.7 Å². The molecule has 0 heterocycles. The highest BCUT2D eigenvalue weighted by Gasteiger charge is 2.65. The lowest BCUT2D eigenvalue weighted by Gasteiger charge is -2.62. The molecule has 10 nitrogen and oxygen atoms in total. The van der Waals surface area contributed by atoms with Crippen LogP contribution in [0.2, 0.25) is 0 Å². The lowest BCUT2D eigenvalue weighted by Crippen LogP contribution is -2.59. The summed E-state index contributed by atoms with van der Waals surface area (Å²) in [6, 6.07) is 0.241. The third-order valence-electron chi connectivity index (χ3n) is 22.5. The van der Waals surface area contributed by atoms with Crippen molar-refractivity contribution in [1.29, 1.82) is 0 Å².